The van der Waals surface area contributed by atoms with Gasteiger partial charge in [0.1, 0.15) is 29.4 Å². The van der Waals surface area contributed by atoms with Crippen LogP contribution in [-0.4, -0.2) is 64.7 Å². The third kappa shape index (κ3) is 12.3. The van der Waals surface area contributed by atoms with Crippen molar-refractivity contribution in [2.45, 2.75) is 18.6 Å². The normalized spacial score (nSPS) is 15.9. The molecule has 13 heteroatoms. The number of hydrogen-bond donors (Lipinski definition) is 1. The third-order valence-corrected chi connectivity index (χ3v) is 11.3. The maximum Gasteiger partial charge on any atom is 0.187 e. The van der Waals surface area contributed by atoms with Crippen molar-refractivity contribution >= 4 is 52.2 Å². The zero-order valence-electron chi connectivity index (χ0n) is 34.9. The Morgan fingerprint density at radius 2 is 1.16 bits per heavy atom. The number of nitrogens with one attached hydrogen (secondary N) is 1. The van der Waals surface area contributed by atoms with Crippen LogP contribution in [0.2, 0.25) is 10.0 Å². The highest BCUT2D eigenvalue weighted by Crippen LogP contribution is 2.36. The second-order valence-electron chi connectivity index (χ2n) is 14.7. The molecule has 2 heterocycles. The lowest BCUT2D eigenvalue weighted by atomic mass is 10.0. The number of carbonyl (C=O) groups excluding carboxylic acids is 1. The van der Waals surface area contributed by atoms with Gasteiger partial charge in [-0.25, -0.2) is 18.5 Å². The van der Waals surface area contributed by atoms with Crippen molar-refractivity contribution < 1.29 is 23.0 Å². The predicted octanol–water partition coefficient (Wildman–Crippen LogP) is 11.8. The van der Waals surface area contributed by atoms with Gasteiger partial charge in [0.25, 0.3) is 0 Å². The van der Waals surface area contributed by atoms with Crippen LogP contribution < -0.4 is 24.6 Å². The van der Waals surface area contributed by atoms with E-state index in [-0.39, 0.29) is 23.7 Å². The maximum atomic E-state index is 14.9. The van der Waals surface area contributed by atoms with Gasteiger partial charge in [0.15, 0.2) is 11.4 Å². The van der Waals surface area contributed by atoms with Crippen molar-refractivity contribution in [1.82, 2.24) is 10.2 Å². The maximum absolute atomic E-state index is 14.9. The first kappa shape index (κ1) is 46.0. The fourth-order valence-electron chi connectivity index (χ4n) is 7.47. The molecule has 9 nitrogen and oxygen atoms in total. The Kier molecular flexibility index (Phi) is 16.5. The zero-order valence-corrected chi connectivity index (χ0v) is 36.4. The van der Waals surface area contributed by atoms with Crippen molar-refractivity contribution in [3.8, 4) is 11.5 Å². The van der Waals surface area contributed by atoms with E-state index in [9.17, 15) is 13.6 Å². The summed E-state index contributed by atoms with van der Waals surface area (Å²) < 4.78 is 39.6. The molecule has 0 unspecified atom stereocenters. The topological polar surface area (TPSA) is 66.0 Å². The van der Waals surface area contributed by atoms with Crippen molar-refractivity contribution in [3.05, 3.63) is 200 Å². The van der Waals surface area contributed by atoms with Gasteiger partial charge < -0.3 is 24.6 Å². The van der Waals surface area contributed by atoms with E-state index in [2.05, 4.69) is 29.7 Å². The molecule has 322 valence electrons. The van der Waals surface area contributed by atoms with Crippen LogP contribution in [0.3, 0.4) is 0 Å². The molecule has 2 saturated heterocycles. The molecule has 0 spiro atoms. The highest BCUT2D eigenvalue weighted by Gasteiger charge is 2.30. The van der Waals surface area contributed by atoms with E-state index in [1.807, 2.05) is 72.8 Å². The molecule has 2 atom stereocenters. The number of piperazine rings is 2. The minimum atomic E-state index is -0.290. The Morgan fingerprint density at radius 1 is 0.667 bits per heavy atom. The van der Waals surface area contributed by atoms with Gasteiger partial charge in [-0.2, -0.15) is 0 Å². The minimum absolute atomic E-state index is 0.0172. The SMILES string of the molecule is COc1ccc(N2CCNC[C@H]2c2ccc(Cl)cc2)c(F)c1.[C-]#[N+]c1ccc(C=O)cc1.[C-]#[N+]c1ccc(CN2CCN(c3ccc(OC)cc3F)[C@H](c3ccc(Cl)cc3)C2)cc1. The summed E-state index contributed by atoms with van der Waals surface area (Å²) in [4.78, 5) is 23.3. The number of aldehydes is 1. The highest BCUT2D eigenvalue weighted by molar-refractivity contribution is 6.30. The molecule has 0 aliphatic carbocycles. The van der Waals surface area contributed by atoms with E-state index in [4.69, 9.17) is 45.8 Å². The van der Waals surface area contributed by atoms with Crippen LogP contribution in [0.25, 0.3) is 9.69 Å². The molecule has 63 heavy (non-hydrogen) atoms. The largest absolute Gasteiger partial charge is 0.497 e. The Balaban J connectivity index is 0.000000178. The Hall–Kier alpha value is -6.47. The standard InChI is InChI=1S/C25H23ClFN3O.C17H18ClFN2O.C8H5NO/c1-28-21-9-3-18(4-10-21)16-29-13-14-30(24-12-11-22(31-2)15-23(24)27)25(17-29)19-5-7-20(26)8-6-19;1-22-14-6-7-16(15(19)10-14)21-9-8-20-11-17(21)12-2-4-13(18)5-3-12;1-9-8-4-2-7(6-10)3-5-8/h3-12,15,25H,13-14,16-17H2,2H3;2-7,10,17,20H,8-9,11H2,1H3;2-6H/t25-;17-;/m00./s1. The predicted molar refractivity (Wildman–Crippen MR) is 248 cm³/mol. The van der Waals surface area contributed by atoms with Crippen molar-refractivity contribution in [3.63, 3.8) is 0 Å². The zero-order chi connectivity index (χ0) is 44.7. The summed E-state index contributed by atoms with van der Waals surface area (Å²) in [7, 11) is 3.07. The van der Waals surface area contributed by atoms with Gasteiger partial charge in [-0.15, -0.1) is 0 Å². The van der Waals surface area contributed by atoms with Crippen LogP contribution >= 0.6 is 23.2 Å². The lowest BCUT2D eigenvalue weighted by Gasteiger charge is -2.43. The van der Waals surface area contributed by atoms with Gasteiger partial charge in [-0.05, 0) is 65.2 Å². The van der Waals surface area contributed by atoms with Crippen LogP contribution in [0.4, 0.5) is 31.5 Å². The summed E-state index contributed by atoms with van der Waals surface area (Å²) in [6, 6.07) is 39.8. The average Bonchev–Trinajstić information content (AvgIpc) is 3.33. The summed E-state index contributed by atoms with van der Waals surface area (Å²) in [6.45, 7) is 19.1. The fraction of sp³-hybridized carbons (Fsp3) is 0.220. The molecule has 6 aromatic rings. The van der Waals surface area contributed by atoms with Crippen LogP contribution in [0, 0.1) is 24.8 Å². The van der Waals surface area contributed by atoms with Gasteiger partial charge in [-0.3, -0.25) is 9.69 Å². The fourth-order valence-corrected chi connectivity index (χ4v) is 7.73. The number of benzene rings is 6. The summed E-state index contributed by atoms with van der Waals surface area (Å²) in [6.07, 6.45) is 0.758. The van der Waals surface area contributed by atoms with E-state index < -0.39 is 0 Å². The number of halogens is 4. The van der Waals surface area contributed by atoms with Gasteiger partial charge in [0.05, 0.1) is 50.8 Å². The van der Waals surface area contributed by atoms with Crippen molar-refractivity contribution in [2.24, 2.45) is 0 Å². The first-order valence-electron chi connectivity index (χ1n) is 20.2. The molecule has 8 rings (SSSR count). The second-order valence-corrected chi connectivity index (χ2v) is 15.6. The smallest absolute Gasteiger partial charge is 0.187 e. The number of rotatable bonds is 9. The number of anilines is 2. The molecule has 0 aromatic heterocycles. The lowest BCUT2D eigenvalue weighted by Crippen LogP contribution is -2.48. The van der Waals surface area contributed by atoms with Crippen LogP contribution in [0.15, 0.2) is 133 Å². The van der Waals surface area contributed by atoms with Crippen molar-refractivity contribution in [2.75, 3.05) is 63.3 Å². The monoisotopic (exact) mass is 886 g/mol. The average molecular weight is 888 g/mol. The summed E-state index contributed by atoms with van der Waals surface area (Å²) in [5.74, 6) is 0.479. The highest BCUT2D eigenvalue weighted by atomic mass is 35.5. The van der Waals surface area contributed by atoms with Crippen LogP contribution in [-0.2, 0) is 6.54 Å². The van der Waals surface area contributed by atoms with Gasteiger partial charge in [-0.1, -0.05) is 96.0 Å². The molecule has 2 aliphatic rings. The quantitative estimate of drug-likeness (QED) is 0.115. The second kappa shape index (κ2) is 22.6. The van der Waals surface area contributed by atoms with Gasteiger partial charge in [0, 0.05) is 73.6 Å². The number of nitrogens with zero attached hydrogens (tertiary/aromatic N) is 5. The Labute approximate surface area is 377 Å². The van der Waals surface area contributed by atoms with Crippen molar-refractivity contribution in [1.29, 1.82) is 0 Å². The first-order valence-corrected chi connectivity index (χ1v) is 20.9. The summed E-state index contributed by atoms with van der Waals surface area (Å²) >= 11 is 12.1. The van der Waals surface area contributed by atoms with E-state index in [1.165, 1.54) is 26.4 Å². The molecule has 2 aliphatic heterocycles. The Morgan fingerprint density at radius 3 is 1.63 bits per heavy atom. The molecule has 1 N–H and O–H groups in total. The van der Waals surface area contributed by atoms with E-state index >= 15 is 0 Å². The minimum Gasteiger partial charge on any atom is -0.497 e. The molecule has 0 amide bonds. The van der Waals surface area contributed by atoms with Crippen LogP contribution in [0.1, 0.15) is 39.1 Å². The van der Waals surface area contributed by atoms with Crippen LogP contribution in [0.5, 0.6) is 11.5 Å². The molecular weight excluding hydrogens is 841 g/mol. The summed E-state index contributed by atoms with van der Waals surface area (Å²) in [5, 5.41) is 4.75. The van der Waals surface area contributed by atoms with E-state index in [0.717, 1.165) is 62.2 Å². The van der Waals surface area contributed by atoms with E-state index in [0.29, 0.717) is 56.4 Å². The molecule has 6 aromatic carbocycles. The number of ether oxygens (including phenoxy) is 2. The van der Waals surface area contributed by atoms with Gasteiger partial charge >= 0.3 is 0 Å². The Bertz CT molecular complexity index is 2510. The third-order valence-electron chi connectivity index (χ3n) is 10.8. The molecule has 0 bridgehead atoms. The number of hydrogen-bond acceptors (Lipinski definition) is 7. The van der Waals surface area contributed by atoms with Gasteiger partial charge in [0.2, 0.25) is 0 Å². The first-order chi connectivity index (χ1) is 30.6. The molecule has 2 fully saturated rings. The lowest BCUT2D eigenvalue weighted by molar-refractivity contribution is 0.112. The molecule has 0 saturated carbocycles. The molecular formula is C50H46Cl2F2N6O3. The number of carbonyl (C=O) groups is 1. The molecule has 0 radical (unpaired) electrons. The number of methoxy groups -OCH3 is 2. The summed E-state index contributed by atoms with van der Waals surface area (Å²) in [5.41, 5.74) is 6.34. The van der Waals surface area contributed by atoms with E-state index in [1.54, 1.807) is 48.5 Å².